The van der Waals surface area contributed by atoms with E-state index in [9.17, 15) is 4.39 Å². The fourth-order valence-electron chi connectivity index (χ4n) is 3.14. The number of nitrogen functional groups attached to an aromatic ring is 1. The van der Waals surface area contributed by atoms with Crippen molar-refractivity contribution in [2.75, 3.05) is 20.0 Å². The van der Waals surface area contributed by atoms with Crippen LogP contribution in [-0.2, 0) is 6.42 Å². The number of nitrogens with two attached hydrogens (primary N) is 2. The Kier molecular flexibility index (Phi) is 5.67. The van der Waals surface area contributed by atoms with E-state index in [0.29, 0.717) is 28.3 Å². The Morgan fingerprint density at radius 1 is 1.12 bits per heavy atom. The fraction of sp³-hybridized carbons (Fsp3) is 0.368. The molecule has 0 saturated heterocycles. The zero-order valence-corrected chi connectivity index (χ0v) is 14.7. The molecule has 2 aromatic rings. The maximum absolute atomic E-state index is 14.5. The Hall–Kier alpha value is -2.27. The maximum Gasteiger partial charge on any atom is 0.184 e. The van der Waals surface area contributed by atoms with Gasteiger partial charge >= 0.3 is 0 Å². The van der Waals surface area contributed by atoms with Crippen LogP contribution in [0.2, 0.25) is 0 Å². The molecule has 0 heterocycles. The van der Waals surface area contributed by atoms with E-state index in [-0.39, 0.29) is 11.9 Å². The van der Waals surface area contributed by atoms with Crippen molar-refractivity contribution in [3.05, 3.63) is 41.2 Å². The maximum atomic E-state index is 14.5. The second-order valence-electron chi connectivity index (χ2n) is 5.77. The van der Waals surface area contributed by atoms with Crippen LogP contribution in [0, 0.1) is 5.82 Å². The third kappa shape index (κ3) is 3.04. The Balaban J connectivity index is 2.99. The quantitative estimate of drug-likeness (QED) is 0.783. The van der Waals surface area contributed by atoms with Gasteiger partial charge in [-0.15, -0.1) is 0 Å². The molecule has 0 spiro atoms. The fourth-order valence-corrected chi connectivity index (χ4v) is 3.14. The Morgan fingerprint density at radius 2 is 1.75 bits per heavy atom. The van der Waals surface area contributed by atoms with Crippen LogP contribution < -0.4 is 20.9 Å². The second kappa shape index (κ2) is 7.53. The van der Waals surface area contributed by atoms with Gasteiger partial charge in [-0.3, -0.25) is 0 Å². The van der Waals surface area contributed by atoms with Gasteiger partial charge in [0.05, 0.1) is 19.9 Å². The van der Waals surface area contributed by atoms with Gasteiger partial charge in [0.1, 0.15) is 5.82 Å². The lowest BCUT2D eigenvalue weighted by Gasteiger charge is -2.25. The van der Waals surface area contributed by atoms with Crippen molar-refractivity contribution in [2.24, 2.45) is 5.73 Å². The van der Waals surface area contributed by atoms with Crippen molar-refractivity contribution >= 4 is 5.69 Å². The van der Waals surface area contributed by atoms with E-state index in [1.165, 1.54) is 20.3 Å². The molecule has 0 aromatic heterocycles. The van der Waals surface area contributed by atoms with Crippen LogP contribution in [0.15, 0.2) is 24.3 Å². The summed E-state index contributed by atoms with van der Waals surface area (Å²) in [6.07, 6.45) is 1.61. The monoisotopic (exact) mass is 332 g/mol. The molecule has 4 N–H and O–H groups in total. The lowest BCUT2D eigenvalue weighted by atomic mass is 9.87. The number of anilines is 1. The highest BCUT2D eigenvalue weighted by Gasteiger charge is 2.27. The highest BCUT2D eigenvalue weighted by molar-refractivity contribution is 5.85. The lowest BCUT2D eigenvalue weighted by Crippen LogP contribution is -2.15. The van der Waals surface area contributed by atoms with Gasteiger partial charge in [-0.1, -0.05) is 31.5 Å². The normalized spacial score (nSPS) is 12.1. The largest absolute Gasteiger partial charge is 0.492 e. The number of halogens is 1. The zero-order valence-electron chi connectivity index (χ0n) is 14.7. The molecule has 0 amide bonds. The molecule has 1 atom stereocenters. The average molecular weight is 332 g/mol. The van der Waals surface area contributed by atoms with Crippen LogP contribution in [0.5, 0.6) is 11.5 Å². The Morgan fingerprint density at radius 3 is 2.25 bits per heavy atom. The molecule has 5 heteroatoms. The summed E-state index contributed by atoms with van der Waals surface area (Å²) >= 11 is 0. The van der Waals surface area contributed by atoms with E-state index in [1.807, 2.05) is 6.92 Å². The molecular weight excluding hydrogens is 307 g/mol. The molecule has 0 radical (unpaired) electrons. The summed E-state index contributed by atoms with van der Waals surface area (Å²) in [4.78, 5) is 0. The summed E-state index contributed by atoms with van der Waals surface area (Å²) in [6, 6.07) is 6.24. The predicted octanol–water partition coefficient (Wildman–Crippen LogP) is 4.06. The summed E-state index contributed by atoms with van der Waals surface area (Å²) in [5.74, 6) is 0.489. The number of methoxy groups -OCH3 is 2. The van der Waals surface area contributed by atoms with E-state index in [0.717, 1.165) is 24.0 Å². The summed E-state index contributed by atoms with van der Waals surface area (Å²) in [6.45, 7) is 3.92. The van der Waals surface area contributed by atoms with Crippen molar-refractivity contribution in [1.82, 2.24) is 0 Å². The highest BCUT2D eigenvalue weighted by Crippen LogP contribution is 2.49. The minimum atomic E-state index is -0.341. The molecule has 0 aliphatic carbocycles. The first-order valence-corrected chi connectivity index (χ1v) is 8.04. The van der Waals surface area contributed by atoms with Gasteiger partial charge in [0.15, 0.2) is 11.5 Å². The van der Waals surface area contributed by atoms with Gasteiger partial charge in [-0.2, -0.15) is 0 Å². The highest BCUT2D eigenvalue weighted by atomic mass is 19.1. The van der Waals surface area contributed by atoms with Crippen LogP contribution in [0.3, 0.4) is 0 Å². The van der Waals surface area contributed by atoms with Crippen LogP contribution >= 0.6 is 0 Å². The lowest BCUT2D eigenvalue weighted by molar-refractivity contribution is 0.356. The van der Waals surface area contributed by atoms with Gasteiger partial charge < -0.3 is 20.9 Å². The average Bonchev–Trinajstić information content (AvgIpc) is 2.56. The predicted molar refractivity (Wildman–Crippen MR) is 95.9 cm³/mol. The Bertz CT molecular complexity index is 730. The van der Waals surface area contributed by atoms with Crippen LogP contribution in [0.4, 0.5) is 10.1 Å². The minimum absolute atomic E-state index is 0.330. The third-order valence-corrected chi connectivity index (χ3v) is 4.10. The van der Waals surface area contributed by atoms with E-state index in [4.69, 9.17) is 20.9 Å². The van der Waals surface area contributed by atoms with E-state index in [2.05, 4.69) is 6.92 Å². The first kappa shape index (κ1) is 18.1. The van der Waals surface area contributed by atoms with Crippen LogP contribution in [0.1, 0.15) is 37.4 Å². The number of ether oxygens (including phenoxy) is 2. The summed E-state index contributed by atoms with van der Waals surface area (Å²) < 4.78 is 25.6. The van der Waals surface area contributed by atoms with Crippen molar-refractivity contribution < 1.29 is 13.9 Å². The van der Waals surface area contributed by atoms with Crippen molar-refractivity contribution in [1.29, 1.82) is 0 Å². The Labute approximate surface area is 142 Å². The van der Waals surface area contributed by atoms with Crippen molar-refractivity contribution in [3.8, 4) is 22.6 Å². The summed E-state index contributed by atoms with van der Waals surface area (Å²) in [5, 5.41) is 0. The van der Waals surface area contributed by atoms with Crippen LogP contribution in [0.25, 0.3) is 11.1 Å². The van der Waals surface area contributed by atoms with Gasteiger partial charge in [0.2, 0.25) is 0 Å². The molecule has 2 aromatic carbocycles. The first-order valence-electron chi connectivity index (χ1n) is 8.04. The number of hydrogen-bond donors (Lipinski definition) is 2. The van der Waals surface area contributed by atoms with Crippen molar-refractivity contribution in [3.63, 3.8) is 0 Å². The number of benzene rings is 2. The van der Waals surface area contributed by atoms with Gasteiger partial charge in [0, 0.05) is 17.2 Å². The number of rotatable bonds is 6. The van der Waals surface area contributed by atoms with Gasteiger partial charge in [-0.05, 0) is 30.5 Å². The standard InChI is InChI=1S/C19H25FN2O2/c1-5-8-13-15(11(2)21)16(12-9-6-7-10-14(12)20)18(23-3)19(24-4)17(13)22/h6-7,9-11H,5,8,21-22H2,1-4H3. The smallest absolute Gasteiger partial charge is 0.184 e. The van der Waals surface area contributed by atoms with E-state index >= 15 is 0 Å². The molecule has 24 heavy (non-hydrogen) atoms. The van der Waals surface area contributed by atoms with Gasteiger partial charge in [-0.25, -0.2) is 4.39 Å². The molecule has 0 fully saturated rings. The molecule has 0 bridgehead atoms. The SMILES string of the molecule is CCCc1c(N)c(OC)c(OC)c(-c2ccccc2F)c1C(C)N. The molecule has 1 unspecified atom stereocenters. The summed E-state index contributed by atoms with van der Waals surface area (Å²) in [7, 11) is 3.05. The molecule has 0 aliphatic heterocycles. The molecule has 0 aliphatic rings. The number of hydrogen-bond acceptors (Lipinski definition) is 4. The minimum Gasteiger partial charge on any atom is -0.492 e. The third-order valence-electron chi connectivity index (χ3n) is 4.10. The summed E-state index contributed by atoms with van der Waals surface area (Å²) in [5.41, 5.74) is 15.8. The molecule has 2 rings (SSSR count). The molecular formula is C19H25FN2O2. The molecule has 4 nitrogen and oxygen atoms in total. The zero-order chi connectivity index (χ0) is 17.9. The molecule has 0 saturated carbocycles. The molecule has 130 valence electrons. The van der Waals surface area contributed by atoms with E-state index < -0.39 is 0 Å². The van der Waals surface area contributed by atoms with E-state index in [1.54, 1.807) is 18.2 Å². The van der Waals surface area contributed by atoms with Gasteiger partial charge in [0.25, 0.3) is 0 Å². The van der Waals surface area contributed by atoms with Crippen molar-refractivity contribution in [2.45, 2.75) is 32.7 Å². The topological polar surface area (TPSA) is 70.5 Å². The first-order chi connectivity index (χ1) is 11.5. The van der Waals surface area contributed by atoms with Crippen LogP contribution in [-0.4, -0.2) is 14.2 Å². The second-order valence-corrected chi connectivity index (χ2v) is 5.77.